The number of para-hydroxylation sites is 1. The number of hydrogen-bond acceptors (Lipinski definition) is 5. The first kappa shape index (κ1) is 14.0. The lowest BCUT2D eigenvalue weighted by Crippen LogP contribution is -2.14. The number of hydrogen-bond donors (Lipinski definition) is 2. The molecule has 0 bridgehead atoms. The van der Waals surface area contributed by atoms with Gasteiger partial charge in [-0.15, -0.1) is 5.10 Å². The summed E-state index contributed by atoms with van der Waals surface area (Å²) < 4.78 is 6.82. The summed E-state index contributed by atoms with van der Waals surface area (Å²) in [4.78, 5) is 11.1. The van der Waals surface area contributed by atoms with Crippen LogP contribution in [-0.4, -0.2) is 39.7 Å². The maximum atomic E-state index is 11.1. The predicted octanol–water partition coefficient (Wildman–Crippen LogP) is 0.534. The number of nitrogens with zero attached hydrogens (tertiary/aromatic N) is 3. The summed E-state index contributed by atoms with van der Waals surface area (Å²) in [6.45, 7) is 0.721. The number of aromatic nitrogens is 3. The number of methoxy groups -OCH3 is 1. The van der Waals surface area contributed by atoms with E-state index in [1.807, 2.05) is 24.3 Å². The Labute approximate surface area is 116 Å². The van der Waals surface area contributed by atoms with Gasteiger partial charge in [0.25, 0.3) is 0 Å². The molecule has 0 aliphatic rings. The fourth-order valence-corrected chi connectivity index (χ4v) is 2.01. The number of carbonyl (C=O) groups is 1. The molecule has 0 fully saturated rings. The number of carboxylic acid groups (broad SMARTS) is 1. The molecule has 0 aliphatic carbocycles. The van der Waals surface area contributed by atoms with Crippen LogP contribution in [0.3, 0.4) is 0 Å². The minimum Gasteiger partial charge on any atom is -0.496 e. The second kappa shape index (κ2) is 6.16. The van der Waals surface area contributed by atoms with E-state index in [0.717, 1.165) is 11.3 Å². The third-order valence-electron chi connectivity index (χ3n) is 2.93. The summed E-state index contributed by atoms with van der Waals surface area (Å²) in [6, 6.07) is 7.49. The van der Waals surface area contributed by atoms with Gasteiger partial charge in [0.05, 0.1) is 19.3 Å². The molecule has 1 aromatic heterocycles. The zero-order chi connectivity index (χ0) is 14.5. The number of nitrogens with two attached hydrogens (primary N) is 1. The minimum atomic E-state index is -1.10. The van der Waals surface area contributed by atoms with Crippen LogP contribution in [0.15, 0.2) is 24.3 Å². The molecule has 106 valence electrons. The third kappa shape index (κ3) is 2.77. The summed E-state index contributed by atoms with van der Waals surface area (Å²) in [7, 11) is 1.59. The molecule has 0 saturated carbocycles. The van der Waals surface area contributed by atoms with Crippen LogP contribution in [0, 0.1) is 0 Å². The van der Waals surface area contributed by atoms with Crippen molar-refractivity contribution in [3.8, 4) is 5.75 Å². The molecule has 2 rings (SSSR count). The van der Waals surface area contributed by atoms with Crippen molar-refractivity contribution in [1.82, 2.24) is 15.0 Å². The molecule has 0 aliphatic heterocycles. The second-order valence-corrected chi connectivity index (χ2v) is 4.20. The van der Waals surface area contributed by atoms with Crippen molar-refractivity contribution in [2.75, 3.05) is 13.7 Å². The molecule has 3 N–H and O–H groups in total. The quantitative estimate of drug-likeness (QED) is 0.798. The molecular formula is C13H16N4O3. The number of aromatic carboxylic acids is 1. The minimum absolute atomic E-state index is 0.0506. The lowest BCUT2D eigenvalue weighted by molar-refractivity contribution is 0.0689. The molecule has 0 radical (unpaired) electrons. The smallest absolute Gasteiger partial charge is 0.358 e. The van der Waals surface area contributed by atoms with Gasteiger partial charge in [-0.2, -0.15) is 0 Å². The van der Waals surface area contributed by atoms with Crippen molar-refractivity contribution >= 4 is 5.97 Å². The van der Waals surface area contributed by atoms with Crippen molar-refractivity contribution in [3.05, 3.63) is 41.2 Å². The molecule has 1 aromatic carbocycles. The van der Waals surface area contributed by atoms with Crippen molar-refractivity contribution in [3.63, 3.8) is 0 Å². The molecule has 20 heavy (non-hydrogen) atoms. The molecule has 7 heteroatoms. The highest BCUT2D eigenvalue weighted by Gasteiger charge is 2.18. The Hall–Kier alpha value is -2.41. The summed E-state index contributed by atoms with van der Waals surface area (Å²) in [6.07, 6.45) is 0.407. The fraction of sp³-hybridized carbons (Fsp3) is 0.308. The molecule has 2 aromatic rings. The standard InChI is InChI=1S/C13H16N4O3/c1-20-11-5-3-2-4-9(11)8-17-10(6-7-14)12(13(18)19)15-16-17/h2-5H,6-8,14H2,1H3,(H,18,19). The summed E-state index contributed by atoms with van der Waals surface area (Å²) in [5, 5.41) is 16.7. The van der Waals surface area contributed by atoms with Crippen LogP contribution in [0.2, 0.25) is 0 Å². The number of ether oxygens (including phenoxy) is 1. The van der Waals surface area contributed by atoms with Gasteiger partial charge < -0.3 is 15.6 Å². The van der Waals surface area contributed by atoms with Crippen LogP contribution in [0.1, 0.15) is 21.7 Å². The largest absolute Gasteiger partial charge is 0.496 e. The van der Waals surface area contributed by atoms with Gasteiger partial charge in [0, 0.05) is 12.0 Å². The second-order valence-electron chi connectivity index (χ2n) is 4.20. The molecule has 0 amide bonds. The molecule has 0 unspecified atom stereocenters. The lowest BCUT2D eigenvalue weighted by Gasteiger charge is -2.10. The van der Waals surface area contributed by atoms with E-state index >= 15 is 0 Å². The molecular weight excluding hydrogens is 260 g/mol. The van der Waals surface area contributed by atoms with Crippen LogP contribution in [0.25, 0.3) is 0 Å². The SMILES string of the molecule is COc1ccccc1Cn1nnc(C(=O)O)c1CCN. The Morgan fingerprint density at radius 2 is 2.20 bits per heavy atom. The van der Waals surface area contributed by atoms with Crippen molar-refractivity contribution in [2.24, 2.45) is 5.73 Å². The van der Waals surface area contributed by atoms with Gasteiger partial charge in [-0.25, -0.2) is 9.48 Å². The Kier molecular flexibility index (Phi) is 4.31. The zero-order valence-electron chi connectivity index (χ0n) is 11.1. The average molecular weight is 276 g/mol. The van der Waals surface area contributed by atoms with E-state index in [1.165, 1.54) is 0 Å². The van der Waals surface area contributed by atoms with E-state index in [-0.39, 0.29) is 5.69 Å². The maximum absolute atomic E-state index is 11.1. The van der Waals surface area contributed by atoms with E-state index in [1.54, 1.807) is 11.8 Å². The Morgan fingerprint density at radius 3 is 2.85 bits per heavy atom. The van der Waals surface area contributed by atoms with Gasteiger partial charge in [0.1, 0.15) is 5.75 Å². The monoisotopic (exact) mass is 276 g/mol. The van der Waals surface area contributed by atoms with Gasteiger partial charge >= 0.3 is 5.97 Å². The highest BCUT2D eigenvalue weighted by atomic mass is 16.5. The first-order valence-corrected chi connectivity index (χ1v) is 6.15. The molecule has 0 spiro atoms. The highest BCUT2D eigenvalue weighted by molar-refractivity contribution is 5.86. The van der Waals surface area contributed by atoms with Gasteiger partial charge in [0.2, 0.25) is 0 Å². The van der Waals surface area contributed by atoms with E-state index in [9.17, 15) is 4.79 Å². The Balaban J connectivity index is 2.36. The number of benzene rings is 1. The van der Waals surface area contributed by atoms with Crippen molar-refractivity contribution in [1.29, 1.82) is 0 Å². The van der Waals surface area contributed by atoms with Crippen molar-refractivity contribution < 1.29 is 14.6 Å². The Bertz CT molecular complexity index is 609. The van der Waals surface area contributed by atoms with Crippen LogP contribution < -0.4 is 10.5 Å². The van der Waals surface area contributed by atoms with Crippen LogP contribution >= 0.6 is 0 Å². The van der Waals surface area contributed by atoms with Gasteiger partial charge in [0.15, 0.2) is 5.69 Å². The molecule has 0 atom stereocenters. The van der Waals surface area contributed by atoms with Crippen LogP contribution in [0.4, 0.5) is 0 Å². The molecule has 0 saturated heterocycles. The summed E-state index contributed by atoms with van der Waals surface area (Å²) in [5.74, 6) is -0.377. The maximum Gasteiger partial charge on any atom is 0.358 e. The first-order valence-electron chi connectivity index (χ1n) is 6.15. The predicted molar refractivity (Wildman–Crippen MR) is 71.8 cm³/mol. The van der Waals surface area contributed by atoms with Crippen LogP contribution in [0.5, 0.6) is 5.75 Å². The van der Waals surface area contributed by atoms with Crippen molar-refractivity contribution in [2.45, 2.75) is 13.0 Å². The van der Waals surface area contributed by atoms with E-state index in [2.05, 4.69) is 10.3 Å². The highest BCUT2D eigenvalue weighted by Crippen LogP contribution is 2.19. The van der Waals surface area contributed by atoms with E-state index in [4.69, 9.17) is 15.6 Å². The number of rotatable bonds is 6. The summed E-state index contributed by atoms with van der Waals surface area (Å²) in [5.41, 5.74) is 6.89. The zero-order valence-corrected chi connectivity index (χ0v) is 11.1. The average Bonchev–Trinajstić information content (AvgIpc) is 2.83. The fourth-order valence-electron chi connectivity index (χ4n) is 2.01. The van der Waals surface area contributed by atoms with Crippen LogP contribution in [-0.2, 0) is 13.0 Å². The third-order valence-corrected chi connectivity index (χ3v) is 2.93. The topological polar surface area (TPSA) is 103 Å². The Morgan fingerprint density at radius 1 is 1.45 bits per heavy atom. The normalized spacial score (nSPS) is 10.5. The van der Waals surface area contributed by atoms with Gasteiger partial charge in [-0.3, -0.25) is 0 Å². The molecule has 7 nitrogen and oxygen atoms in total. The lowest BCUT2D eigenvalue weighted by atomic mass is 10.2. The first-order chi connectivity index (χ1) is 9.67. The van der Waals surface area contributed by atoms with Gasteiger partial charge in [-0.1, -0.05) is 23.4 Å². The van der Waals surface area contributed by atoms with E-state index in [0.29, 0.717) is 25.2 Å². The van der Waals surface area contributed by atoms with E-state index < -0.39 is 5.97 Å². The summed E-state index contributed by atoms with van der Waals surface area (Å²) >= 11 is 0. The van der Waals surface area contributed by atoms with Gasteiger partial charge in [-0.05, 0) is 12.6 Å². The molecule has 1 heterocycles. The number of carboxylic acids is 1.